The molecule has 3 atom stereocenters. The van der Waals surface area contributed by atoms with Crippen LogP contribution in [0.5, 0.6) is 0 Å². The highest BCUT2D eigenvalue weighted by Gasteiger charge is 2.33. The number of carbonyl (C=O) groups excluding carboxylic acids is 1. The number of aliphatic carboxylic acids is 1. The first-order valence-corrected chi connectivity index (χ1v) is 7.45. The smallest absolute Gasteiger partial charge is 0.317 e. The highest BCUT2D eigenvalue weighted by molar-refractivity contribution is 5.75. The first kappa shape index (κ1) is 15.1. The van der Waals surface area contributed by atoms with Crippen molar-refractivity contribution in [3.63, 3.8) is 0 Å². The van der Waals surface area contributed by atoms with Crippen molar-refractivity contribution in [3.8, 4) is 0 Å². The number of nitrogens with zero attached hydrogens (tertiary/aromatic N) is 2. The Kier molecular flexibility index (Phi) is 4.86. The van der Waals surface area contributed by atoms with Gasteiger partial charge in [0.2, 0.25) is 0 Å². The topological polar surface area (TPSA) is 72.9 Å². The molecule has 114 valence electrons. The molecule has 2 N–H and O–H groups in total. The Morgan fingerprint density at radius 2 is 2.05 bits per heavy atom. The molecule has 3 unspecified atom stereocenters. The number of likely N-dealkylation sites (N-methyl/N-ethyl adjacent to an activating group) is 1. The van der Waals surface area contributed by atoms with Crippen LogP contribution in [0.4, 0.5) is 4.79 Å². The molecular formula is C14H25N3O3. The summed E-state index contributed by atoms with van der Waals surface area (Å²) in [5, 5.41) is 12.1. The first-order valence-electron chi connectivity index (χ1n) is 7.45. The van der Waals surface area contributed by atoms with Gasteiger partial charge in [-0.1, -0.05) is 6.42 Å². The maximum atomic E-state index is 12.2. The predicted molar refractivity (Wildman–Crippen MR) is 75.5 cm³/mol. The second-order valence-electron chi connectivity index (χ2n) is 6.13. The normalized spacial score (nSPS) is 31.3. The van der Waals surface area contributed by atoms with Gasteiger partial charge >= 0.3 is 12.0 Å². The van der Waals surface area contributed by atoms with Gasteiger partial charge in [-0.3, -0.25) is 4.79 Å². The SMILES string of the molecule is CC1CN(C)CCN1C(=O)NCC1CCCC1C(=O)O. The van der Waals surface area contributed by atoms with Crippen LogP contribution in [0.3, 0.4) is 0 Å². The standard InChI is InChI=1S/C14H25N3O3/c1-10-9-16(2)6-7-17(10)14(20)15-8-11-4-3-5-12(11)13(18)19/h10-12H,3-9H2,1-2H3,(H,15,20)(H,18,19). The summed E-state index contributed by atoms with van der Waals surface area (Å²) >= 11 is 0. The van der Waals surface area contributed by atoms with Crippen LogP contribution >= 0.6 is 0 Å². The zero-order valence-electron chi connectivity index (χ0n) is 12.3. The molecule has 0 aromatic carbocycles. The monoisotopic (exact) mass is 283 g/mol. The summed E-state index contributed by atoms with van der Waals surface area (Å²) in [6, 6.07) is 0.147. The van der Waals surface area contributed by atoms with Gasteiger partial charge in [0.15, 0.2) is 0 Å². The fourth-order valence-corrected chi connectivity index (χ4v) is 3.37. The Balaban J connectivity index is 1.81. The van der Waals surface area contributed by atoms with E-state index in [1.807, 2.05) is 11.8 Å². The first-order chi connectivity index (χ1) is 9.49. The summed E-state index contributed by atoms with van der Waals surface area (Å²) in [4.78, 5) is 27.4. The van der Waals surface area contributed by atoms with Crippen molar-refractivity contribution < 1.29 is 14.7 Å². The van der Waals surface area contributed by atoms with Gasteiger partial charge in [-0.25, -0.2) is 4.79 Å². The van der Waals surface area contributed by atoms with Crippen molar-refractivity contribution in [3.05, 3.63) is 0 Å². The fourth-order valence-electron chi connectivity index (χ4n) is 3.37. The van der Waals surface area contributed by atoms with Crippen molar-refractivity contribution in [1.82, 2.24) is 15.1 Å². The lowest BCUT2D eigenvalue weighted by Crippen LogP contribution is -2.56. The highest BCUT2D eigenvalue weighted by Crippen LogP contribution is 2.31. The number of carboxylic acid groups (broad SMARTS) is 1. The third kappa shape index (κ3) is 3.42. The van der Waals surface area contributed by atoms with Gasteiger partial charge < -0.3 is 20.2 Å². The number of hydrogen-bond acceptors (Lipinski definition) is 3. The number of carboxylic acids is 1. The summed E-state index contributed by atoms with van der Waals surface area (Å²) in [6.07, 6.45) is 2.58. The highest BCUT2D eigenvalue weighted by atomic mass is 16.4. The molecule has 2 aliphatic rings. The van der Waals surface area contributed by atoms with E-state index in [2.05, 4.69) is 17.3 Å². The number of urea groups is 1. The maximum absolute atomic E-state index is 12.2. The molecule has 0 bridgehead atoms. The van der Waals surface area contributed by atoms with E-state index in [1.165, 1.54) is 0 Å². The Morgan fingerprint density at radius 1 is 1.30 bits per heavy atom. The van der Waals surface area contributed by atoms with E-state index >= 15 is 0 Å². The second kappa shape index (κ2) is 6.43. The lowest BCUT2D eigenvalue weighted by molar-refractivity contribution is -0.142. The van der Waals surface area contributed by atoms with Crippen LogP contribution in [0.1, 0.15) is 26.2 Å². The van der Waals surface area contributed by atoms with Crippen LogP contribution < -0.4 is 5.32 Å². The van der Waals surface area contributed by atoms with E-state index in [0.29, 0.717) is 6.54 Å². The third-order valence-corrected chi connectivity index (χ3v) is 4.58. The number of piperazine rings is 1. The summed E-state index contributed by atoms with van der Waals surface area (Å²) in [5.74, 6) is -0.936. The van der Waals surface area contributed by atoms with Gasteiger partial charge in [0.25, 0.3) is 0 Å². The second-order valence-corrected chi connectivity index (χ2v) is 6.13. The van der Waals surface area contributed by atoms with Gasteiger partial charge in [-0.15, -0.1) is 0 Å². The fraction of sp³-hybridized carbons (Fsp3) is 0.857. The molecule has 0 radical (unpaired) electrons. The Bertz CT molecular complexity index is 375. The Hall–Kier alpha value is -1.30. The third-order valence-electron chi connectivity index (χ3n) is 4.58. The van der Waals surface area contributed by atoms with Crippen LogP contribution in [-0.4, -0.2) is 66.2 Å². The van der Waals surface area contributed by atoms with E-state index in [-0.39, 0.29) is 23.9 Å². The minimum absolute atomic E-state index is 0.0540. The minimum Gasteiger partial charge on any atom is -0.481 e. The van der Waals surface area contributed by atoms with Crippen LogP contribution in [0.25, 0.3) is 0 Å². The number of nitrogens with one attached hydrogen (secondary N) is 1. The Morgan fingerprint density at radius 3 is 2.70 bits per heavy atom. The number of carbonyl (C=O) groups is 2. The lowest BCUT2D eigenvalue weighted by atomic mass is 9.96. The van der Waals surface area contributed by atoms with Gasteiger partial charge in [-0.2, -0.15) is 0 Å². The zero-order chi connectivity index (χ0) is 14.7. The van der Waals surface area contributed by atoms with E-state index in [0.717, 1.165) is 38.9 Å². The largest absolute Gasteiger partial charge is 0.481 e. The number of rotatable bonds is 3. The quantitative estimate of drug-likeness (QED) is 0.805. The molecule has 6 heteroatoms. The minimum atomic E-state index is -0.727. The molecule has 1 aliphatic carbocycles. The molecule has 2 rings (SSSR count). The van der Waals surface area contributed by atoms with E-state index < -0.39 is 5.97 Å². The van der Waals surface area contributed by atoms with Crippen LogP contribution in [0.2, 0.25) is 0 Å². The molecule has 0 aromatic heterocycles. The maximum Gasteiger partial charge on any atom is 0.317 e. The molecular weight excluding hydrogens is 258 g/mol. The summed E-state index contributed by atoms with van der Waals surface area (Å²) < 4.78 is 0. The number of hydrogen-bond donors (Lipinski definition) is 2. The summed E-state index contributed by atoms with van der Waals surface area (Å²) in [6.45, 7) is 5.03. The molecule has 20 heavy (non-hydrogen) atoms. The molecule has 1 aliphatic heterocycles. The zero-order valence-corrected chi connectivity index (χ0v) is 12.3. The van der Waals surface area contributed by atoms with Crippen molar-refractivity contribution >= 4 is 12.0 Å². The van der Waals surface area contributed by atoms with E-state index in [4.69, 9.17) is 5.11 Å². The summed E-state index contributed by atoms with van der Waals surface area (Å²) in [7, 11) is 2.06. The Labute approximate surface area is 120 Å². The summed E-state index contributed by atoms with van der Waals surface area (Å²) in [5.41, 5.74) is 0. The van der Waals surface area contributed by atoms with Crippen LogP contribution in [-0.2, 0) is 4.79 Å². The molecule has 0 spiro atoms. The van der Waals surface area contributed by atoms with Crippen molar-refractivity contribution in [2.75, 3.05) is 33.2 Å². The molecule has 6 nitrogen and oxygen atoms in total. The molecule has 2 amide bonds. The van der Waals surface area contributed by atoms with Crippen molar-refractivity contribution in [1.29, 1.82) is 0 Å². The average Bonchev–Trinajstić information content (AvgIpc) is 2.84. The number of amides is 2. The average molecular weight is 283 g/mol. The van der Waals surface area contributed by atoms with E-state index in [9.17, 15) is 9.59 Å². The van der Waals surface area contributed by atoms with Gasteiger partial charge in [0.1, 0.15) is 0 Å². The molecule has 1 heterocycles. The van der Waals surface area contributed by atoms with Crippen molar-refractivity contribution in [2.45, 2.75) is 32.2 Å². The van der Waals surface area contributed by atoms with Crippen molar-refractivity contribution in [2.24, 2.45) is 11.8 Å². The molecule has 1 saturated heterocycles. The predicted octanol–water partition coefficient (Wildman–Crippen LogP) is 0.833. The van der Waals surface area contributed by atoms with Crippen LogP contribution in [0, 0.1) is 11.8 Å². The van der Waals surface area contributed by atoms with Gasteiger partial charge in [0, 0.05) is 32.2 Å². The lowest BCUT2D eigenvalue weighted by Gasteiger charge is -2.38. The van der Waals surface area contributed by atoms with Crippen LogP contribution in [0.15, 0.2) is 0 Å². The molecule has 2 fully saturated rings. The van der Waals surface area contributed by atoms with Gasteiger partial charge in [-0.05, 0) is 32.7 Å². The van der Waals surface area contributed by atoms with Gasteiger partial charge in [0.05, 0.1) is 5.92 Å². The van der Waals surface area contributed by atoms with E-state index in [1.54, 1.807) is 0 Å². The molecule has 0 aromatic rings. The molecule has 1 saturated carbocycles.